The summed E-state index contributed by atoms with van der Waals surface area (Å²) in [5, 5.41) is 3.37. The molecule has 21 heavy (non-hydrogen) atoms. The Labute approximate surface area is 124 Å². The zero-order chi connectivity index (χ0) is 14.5. The Morgan fingerprint density at radius 2 is 1.76 bits per heavy atom. The first kappa shape index (κ1) is 13.8. The molecule has 3 rings (SSSR count). The molecule has 1 aliphatic heterocycles. The molecule has 0 spiro atoms. The van der Waals surface area contributed by atoms with Gasteiger partial charge in [-0.1, -0.05) is 36.4 Å². The molecule has 0 bridgehead atoms. The van der Waals surface area contributed by atoms with Gasteiger partial charge in [0.1, 0.15) is 6.61 Å². The summed E-state index contributed by atoms with van der Waals surface area (Å²) in [7, 11) is 0. The Balaban J connectivity index is 1.68. The standard InChI is InChI=1S/C18H19NO2/c20-18(21-13-14-4-2-1-3-5-14)17-7-6-15-8-10-19-11-9-16(15)12-17/h1-7,12,19H,8-11,13H2. The highest BCUT2D eigenvalue weighted by Crippen LogP contribution is 2.16. The third-order valence-electron chi connectivity index (χ3n) is 3.80. The predicted molar refractivity (Wildman–Crippen MR) is 82.3 cm³/mol. The van der Waals surface area contributed by atoms with Crippen molar-refractivity contribution >= 4 is 5.97 Å². The molecular formula is C18H19NO2. The van der Waals surface area contributed by atoms with Gasteiger partial charge in [-0.3, -0.25) is 0 Å². The van der Waals surface area contributed by atoms with Gasteiger partial charge < -0.3 is 10.1 Å². The molecule has 0 aromatic heterocycles. The van der Waals surface area contributed by atoms with Crippen molar-refractivity contribution in [1.29, 1.82) is 0 Å². The number of esters is 1. The summed E-state index contributed by atoms with van der Waals surface area (Å²) < 4.78 is 5.38. The lowest BCUT2D eigenvalue weighted by molar-refractivity contribution is 0.0472. The van der Waals surface area contributed by atoms with Crippen LogP contribution in [0.15, 0.2) is 48.5 Å². The van der Waals surface area contributed by atoms with Gasteiger partial charge in [-0.15, -0.1) is 0 Å². The Morgan fingerprint density at radius 1 is 1.00 bits per heavy atom. The van der Waals surface area contributed by atoms with E-state index in [1.54, 1.807) is 0 Å². The number of carbonyl (C=O) groups excluding carboxylic acids is 1. The first-order valence-corrected chi connectivity index (χ1v) is 7.36. The number of hydrogen-bond acceptors (Lipinski definition) is 3. The Morgan fingerprint density at radius 3 is 2.57 bits per heavy atom. The fraction of sp³-hybridized carbons (Fsp3) is 0.278. The van der Waals surface area contributed by atoms with E-state index in [0.29, 0.717) is 12.2 Å². The van der Waals surface area contributed by atoms with Crippen LogP contribution in [0.3, 0.4) is 0 Å². The quantitative estimate of drug-likeness (QED) is 0.879. The van der Waals surface area contributed by atoms with E-state index in [-0.39, 0.29) is 5.97 Å². The molecule has 0 atom stereocenters. The van der Waals surface area contributed by atoms with Crippen LogP contribution in [0.25, 0.3) is 0 Å². The lowest BCUT2D eigenvalue weighted by Crippen LogP contribution is -2.16. The normalized spacial score (nSPS) is 14.1. The van der Waals surface area contributed by atoms with Gasteiger partial charge in [-0.05, 0) is 54.8 Å². The Hall–Kier alpha value is -2.13. The van der Waals surface area contributed by atoms with Gasteiger partial charge in [-0.25, -0.2) is 4.79 Å². The Bertz CT molecular complexity index is 622. The fourth-order valence-electron chi connectivity index (χ4n) is 2.61. The lowest BCUT2D eigenvalue weighted by atomic mass is 10.0. The van der Waals surface area contributed by atoms with Gasteiger partial charge in [-0.2, -0.15) is 0 Å². The minimum atomic E-state index is -0.251. The number of rotatable bonds is 3. The van der Waals surface area contributed by atoms with Crippen LogP contribution in [-0.4, -0.2) is 19.1 Å². The molecule has 0 amide bonds. The zero-order valence-electron chi connectivity index (χ0n) is 12.0. The van der Waals surface area contributed by atoms with E-state index in [9.17, 15) is 4.79 Å². The van der Waals surface area contributed by atoms with Crippen molar-refractivity contribution in [2.45, 2.75) is 19.4 Å². The van der Waals surface area contributed by atoms with Crippen molar-refractivity contribution in [3.05, 3.63) is 70.8 Å². The van der Waals surface area contributed by atoms with Crippen LogP contribution < -0.4 is 5.32 Å². The van der Waals surface area contributed by atoms with Gasteiger partial charge in [0.05, 0.1) is 5.56 Å². The number of carbonyl (C=O) groups is 1. The van der Waals surface area contributed by atoms with Crippen molar-refractivity contribution in [3.63, 3.8) is 0 Å². The lowest BCUT2D eigenvalue weighted by Gasteiger charge is -2.09. The van der Waals surface area contributed by atoms with E-state index in [1.807, 2.05) is 42.5 Å². The summed E-state index contributed by atoms with van der Waals surface area (Å²) >= 11 is 0. The smallest absolute Gasteiger partial charge is 0.338 e. The fourth-order valence-corrected chi connectivity index (χ4v) is 2.61. The maximum Gasteiger partial charge on any atom is 0.338 e. The molecule has 0 saturated heterocycles. The molecule has 108 valence electrons. The molecule has 1 N–H and O–H groups in total. The largest absolute Gasteiger partial charge is 0.457 e. The van der Waals surface area contributed by atoms with Crippen LogP contribution in [0.5, 0.6) is 0 Å². The van der Waals surface area contributed by atoms with E-state index >= 15 is 0 Å². The van der Waals surface area contributed by atoms with Crippen LogP contribution in [0.2, 0.25) is 0 Å². The highest BCUT2D eigenvalue weighted by atomic mass is 16.5. The molecule has 1 aliphatic rings. The third-order valence-corrected chi connectivity index (χ3v) is 3.80. The van der Waals surface area contributed by atoms with Crippen LogP contribution in [0.1, 0.15) is 27.0 Å². The Kier molecular flexibility index (Phi) is 4.31. The monoisotopic (exact) mass is 281 g/mol. The number of fused-ring (bicyclic) bond motifs is 1. The van der Waals surface area contributed by atoms with Crippen molar-refractivity contribution in [2.24, 2.45) is 0 Å². The molecule has 0 fully saturated rings. The minimum absolute atomic E-state index is 0.251. The van der Waals surface area contributed by atoms with Crippen LogP contribution in [0, 0.1) is 0 Å². The molecule has 1 heterocycles. The maximum absolute atomic E-state index is 12.2. The average Bonchev–Trinajstić information content (AvgIpc) is 2.78. The molecule has 3 nitrogen and oxygen atoms in total. The molecular weight excluding hydrogens is 262 g/mol. The summed E-state index contributed by atoms with van der Waals surface area (Å²) in [4.78, 5) is 12.2. The van der Waals surface area contributed by atoms with Crippen molar-refractivity contribution in [3.8, 4) is 0 Å². The summed E-state index contributed by atoms with van der Waals surface area (Å²) in [5.74, 6) is -0.251. The molecule has 3 heteroatoms. The number of hydrogen-bond donors (Lipinski definition) is 1. The topological polar surface area (TPSA) is 38.3 Å². The number of ether oxygens (including phenoxy) is 1. The van der Waals surface area contributed by atoms with Crippen molar-refractivity contribution in [2.75, 3.05) is 13.1 Å². The molecule has 2 aromatic rings. The predicted octanol–water partition coefficient (Wildman–Crippen LogP) is 2.73. The molecule has 0 unspecified atom stereocenters. The second-order valence-corrected chi connectivity index (χ2v) is 5.30. The first-order chi connectivity index (χ1) is 10.3. The van der Waals surface area contributed by atoms with E-state index in [1.165, 1.54) is 11.1 Å². The molecule has 0 aliphatic carbocycles. The van der Waals surface area contributed by atoms with Crippen molar-refractivity contribution < 1.29 is 9.53 Å². The molecule has 0 saturated carbocycles. The van der Waals surface area contributed by atoms with E-state index in [0.717, 1.165) is 31.5 Å². The van der Waals surface area contributed by atoms with Crippen LogP contribution in [0.4, 0.5) is 0 Å². The summed E-state index contributed by atoms with van der Waals surface area (Å²) in [5.41, 5.74) is 4.24. The van der Waals surface area contributed by atoms with Gasteiger partial charge in [0.15, 0.2) is 0 Å². The summed E-state index contributed by atoms with van der Waals surface area (Å²) in [6, 6.07) is 15.7. The zero-order valence-corrected chi connectivity index (χ0v) is 12.0. The summed E-state index contributed by atoms with van der Waals surface area (Å²) in [6.45, 7) is 2.29. The SMILES string of the molecule is O=C(OCc1ccccc1)c1ccc2c(c1)CCNCC2. The highest BCUT2D eigenvalue weighted by Gasteiger charge is 2.12. The van der Waals surface area contributed by atoms with E-state index in [4.69, 9.17) is 4.74 Å². The van der Waals surface area contributed by atoms with Gasteiger partial charge in [0, 0.05) is 0 Å². The number of nitrogens with one attached hydrogen (secondary N) is 1. The second kappa shape index (κ2) is 6.55. The third kappa shape index (κ3) is 3.50. The second-order valence-electron chi connectivity index (χ2n) is 5.30. The van der Waals surface area contributed by atoms with Gasteiger partial charge in [0.2, 0.25) is 0 Å². The summed E-state index contributed by atoms with van der Waals surface area (Å²) in [6.07, 6.45) is 1.99. The highest BCUT2D eigenvalue weighted by molar-refractivity contribution is 5.89. The van der Waals surface area contributed by atoms with Crippen molar-refractivity contribution in [1.82, 2.24) is 5.32 Å². The molecule has 0 radical (unpaired) electrons. The van der Waals surface area contributed by atoms with E-state index in [2.05, 4.69) is 11.4 Å². The number of benzene rings is 2. The van der Waals surface area contributed by atoms with Crippen LogP contribution >= 0.6 is 0 Å². The minimum Gasteiger partial charge on any atom is -0.457 e. The first-order valence-electron chi connectivity index (χ1n) is 7.36. The maximum atomic E-state index is 12.2. The average molecular weight is 281 g/mol. The van der Waals surface area contributed by atoms with Gasteiger partial charge >= 0.3 is 5.97 Å². The van der Waals surface area contributed by atoms with Crippen LogP contribution in [-0.2, 0) is 24.2 Å². The van der Waals surface area contributed by atoms with Gasteiger partial charge in [0.25, 0.3) is 0 Å². The van der Waals surface area contributed by atoms with E-state index < -0.39 is 0 Å². The molecule has 2 aromatic carbocycles.